The molecule has 0 aliphatic carbocycles. The molecule has 4 nitrogen and oxygen atoms in total. The lowest BCUT2D eigenvalue weighted by Gasteiger charge is -2.21. The Morgan fingerprint density at radius 3 is 1.74 bits per heavy atom. The van der Waals surface area contributed by atoms with Gasteiger partial charge in [-0.1, -0.05) is 24.3 Å². The van der Waals surface area contributed by atoms with Gasteiger partial charge >= 0.3 is 18.5 Å². The molecule has 2 heterocycles. The summed E-state index contributed by atoms with van der Waals surface area (Å²) < 4.78 is 132. The number of alkyl halides is 9. The third kappa shape index (κ3) is 4.59. The Morgan fingerprint density at radius 2 is 1.18 bits per heavy atom. The van der Waals surface area contributed by atoms with Gasteiger partial charge in [0.05, 0.1) is 23.0 Å². The summed E-state index contributed by atoms with van der Waals surface area (Å²) in [5.74, 6) is -1.94. The van der Waals surface area contributed by atoms with Crippen molar-refractivity contribution in [1.29, 1.82) is 0 Å². The van der Waals surface area contributed by atoms with Crippen molar-refractivity contribution in [3.8, 4) is 23.1 Å². The minimum absolute atomic E-state index is 0.0340. The van der Waals surface area contributed by atoms with Crippen LogP contribution in [-0.4, -0.2) is 10.2 Å². The van der Waals surface area contributed by atoms with Crippen LogP contribution in [-0.2, 0) is 18.5 Å². The van der Waals surface area contributed by atoms with Gasteiger partial charge in [-0.2, -0.15) is 39.5 Å². The molecular weight excluding hydrogens is 531 g/mol. The number of hydrogen-bond acceptors (Lipinski definition) is 4. The molecular formula is C25H11F9N2O2. The molecule has 0 aliphatic heterocycles. The molecule has 13 heteroatoms. The Morgan fingerprint density at radius 1 is 0.605 bits per heavy atom. The van der Waals surface area contributed by atoms with Crippen molar-refractivity contribution < 1.29 is 48.7 Å². The molecule has 0 bridgehead atoms. The predicted molar refractivity (Wildman–Crippen MR) is 116 cm³/mol. The van der Waals surface area contributed by atoms with E-state index in [-0.39, 0.29) is 28.3 Å². The first-order chi connectivity index (χ1) is 17.7. The number of furan rings is 1. The van der Waals surface area contributed by atoms with E-state index in [1.807, 2.05) is 0 Å². The average molecular weight is 542 g/mol. The van der Waals surface area contributed by atoms with Crippen LogP contribution in [0, 0.1) is 0 Å². The highest BCUT2D eigenvalue weighted by Crippen LogP contribution is 2.48. The van der Waals surface area contributed by atoms with E-state index in [0.29, 0.717) is 10.8 Å². The smallest absolute Gasteiger partial charge is 0.420 e. The Bertz CT molecular complexity index is 1650. The van der Waals surface area contributed by atoms with Gasteiger partial charge in [0.2, 0.25) is 5.88 Å². The van der Waals surface area contributed by atoms with Crippen LogP contribution in [0.25, 0.3) is 33.0 Å². The first-order valence-corrected chi connectivity index (χ1v) is 10.5. The van der Waals surface area contributed by atoms with Crippen LogP contribution in [0.15, 0.2) is 71.3 Å². The molecule has 38 heavy (non-hydrogen) atoms. The maximum absolute atomic E-state index is 13.7. The lowest BCUT2D eigenvalue weighted by molar-refractivity contribution is -0.163. The first kappa shape index (κ1) is 25.4. The molecule has 5 rings (SSSR count). The molecule has 0 atom stereocenters. The van der Waals surface area contributed by atoms with Crippen LogP contribution in [0.2, 0.25) is 0 Å². The fraction of sp³-hybridized carbons (Fsp3) is 0.120. The molecule has 0 aliphatic rings. The topological polar surface area (TPSA) is 48.2 Å². The summed E-state index contributed by atoms with van der Waals surface area (Å²) >= 11 is 0. The lowest BCUT2D eigenvalue weighted by Crippen LogP contribution is -2.19. The van der Waals surface area contributed by atoms with Crippen molar-refractivity contribution in [3.05, 3.63) is 83.6 Å². The van der Waals surface area contributed by atoms with Crippen molar-refractivity contribution >= 4 is 21.5 Å². The van der Waals surface area contributed by atoms with Gasteiger partial charge in [0.1, 0.15) is 11.4 Å². The molecule has 0 radical (unpaired) electrons. The van der Waals surface area contributed by atoms with E-state index in [9.17, 15) is 39.5 Å². The quantitative estimate of drug-likeness (QED) is 0.169. The lowest BCUT2D eigenvalue weighted by atomic mass is 10.0. The predicted octanol–water partition coefficient (Wildman–Crippen LogP) is 8.89. The molecule has 0 saturated heterocycles. The van der Waals surface area contributed by atoms with E-state index in [2.05, 4.69) is 10.2 Å². The molecule has 0 N–H and O–H groups in total. The van der Waals surface area contributed by atoms with Crippen molar-refractivity contribution in [2.75, 3.05) is 0 Å². The van der Waals surface area contributed by atoms with E-state index in [0.717, 1.165) is 0 Å². The maximum atomic E-state index is 13.7. The van der Waals surface area contributed by atoms with Crippen LogP contribution in [0.3, 0.4) is 0 Å². The highest BCUT2D eigenvalue weighted by atomic mass is 19.4. The number of benzene rings is 3. The van der Waals surface area contributed by atoms with E-state index in [1.165, 1.54) is 18.4 Å². The van der Waals surface area contributed by atoms with Gasteiger partial charge < -0.3 is 9.15 Å². The van der Waals surface area contributed by atoms with Crippen molar-refractivity contribution in [2.45, 2.75) is 18.5 Å². The number of hydrogen-bond donors (Lipinski definition) is 0. The standard InChI is InChI=1S/C25H11F9N2O2/c26-23(27,28)16-10-18(25(32,33)34)20(11-17(16)24(29,30)31)38-22-15-9-13-5-2-1-4-12(13)8-14(15)21(35-36-22)19-6-3-7-37-19/h1-11H. The van der Waals surface area contributed by atoms with Gasteiger partial charge in [0.15, 0.2) is 5.76 Å². The normalized spacial score (nSPS) is 12.9. The minimum atomic E-state index is -5.72. The molecule has 196 valence electrons. The third-order valence-corrected chi connectivity index (χ3v) is 5.61. The summed E-state index contributed by atoms with van der Waals surface area (Å²) in [5, 5.41) is 9.22. The molecule has 0 fully saturated rings. The first-order valence-electron chi connectivity index (χ1n) is 10.5. The Labute approximate surface area is 206 Å². The van der Waals surface area contributed by atoms with Gasteiger partial charge in [-0.3, -0.25) is 0 Å². The second kappa shape index (κ2) is 8.64. The Hall–Kier alpha value is -4.29. The van der Waals surface area contributed by atoms with E-state index in [4.69, 9.17) is 9.15 Å². The van der Waals surface area contributed by atoms with Crippen molar-refractivity contribution in [2.24, 2.45) is 0 Å². The number of rotatable bonds is 3. The number of fused-ring (bicyclic) bond motifs is 2. The minimum Gasteiger partial charge on any atom is -0.463 e. The van der Waals surface area contributed by atoms with Crippen LogP contribution in [0.4, 0.5) is 39.5 Å². The Kier molecular flexibility index (Phi) is 5.76. The van der Waals surface area contributed by atoms with Gasteiger partial charge in [-0.25, -0.2) is 0 Å². The van der Waals surface area contributed by atoms with Gasteiger partial charge in [-0.05, 0) is 47.2 Å². The van der Waals surface area contributed by atoms with Crippen LogP contribution in [0.5, 0.6) is 11.6 Å². The Balaban J connectivity index is 1.77. The molecule has 5 aromatic rings. The third-order valence-electron chi connectivity index (χ3n) is 5.61. The van der Waals surface area contributed by atoms with Crippen LogP contribution < -0.4 is 4.74 Å². The molecule has 2 aromatic heterocycles. The highest BCUT2D eigenvalue weighted by molar-refractivity contribution is 6.05. The zero-order valence-corrected chi connectivity index (χ0v) is 18.5. The summed E-state index contributed by atoms with van der Waals surface area (Å²) in [6.07, 6.45) is -15.5. The summed E-state index contributed by atoms with van der Waals surface area (Å²) in [4.78, 5) is 0. The highest BCUT2D eigenvalue weighted by Gasteiger charge is 2.47. The summed E-state index contributed by atoms with van der Waals surface area (Å²) in [7, 11) is 0. The zero-order valence-electron chi connectivity index (χ0n) is 18.5. The molecule has 0 unspecified atom stereocenters. The number of halogens is 9. The summed E-state index contributed by atoms with van der Waals surface area (Å²) in [6, 6.07) is 12.0. The average Bonchev–Trinajstić information content (AvgIpc) is 3.35. The van der Waals surface area contributed by atoms with Gasteiger partial charge in [0, 0.05) is 10.8 Å². The summed E-state index contributed by atoms with van der Waals surface area (Å²) in [6.45, 7) is 0. The molecule has 0 amide bonds. The van der Waals surface area contributed by atoms with E-state index in [1.54, 1.807) is 36.4 Å². The zero-order chi connectivity index (χ0) is 27.5. The number of nitrogens with zero attached hydrogens (tertiary/aromatic N) is 2. The van der Waals surface area contributed by atoms with E-state index < -0.39 is 52.9 Å². The largest absolute Gasteiger partial charge is 0.463 e. The van der Waals surface area contributed by atoms with Crippen LogP contribution >= 0.6 is 0 Å². The van der Waals surface area contributed by atoms with Crippen molar-refractivity contribution in [1.82, 2.24) is 10.2 Å². The number of ether oxygens (including phenoxy) is 1. The second-order valence-electron chi connectivity index (χ2n) is 8.07. The molecule has 3 aromatic carbocycles. The fourth-order valence-electron chi connectivity index (χ4n) is 3.95. The van der Waals surface area contributed by atoms with Crippen molar-refractivity contribution in [3.63, 3.8) is 0 Å². The SMILES string of the molecule is FC(F)(F)c1cc(C(F)(F)F)c(C(F)(F)F)cc1Oc1nnc(-c2ccco2)c2cc3ccccc3cc12. The van der Waals surface area contributed by atoms with Gasteiger partial charge in [0.25, 0.3) is 0 Å². The number of aromatic nitrogens is 2. The van der Waals surface area contributed by atoms with Gasteiger partial charge in [-0.15, -0.1) is 10.2 Å². The summed E-state index contributed by atoms with van der Waals surface area (Å²) in [5.41, 5.74) is -6.76. The fourth-order valence-corrected chi connectivity index (χ4v) is 3.95. The maximum Gasteiger partial charge on any atom is 0.420 e. The molecule has 0 spiro atoms. The molecule has 0 saturated carbocycles. The van der Waals surface area contributed by atoms with Crippen LogP contribution in [0.1, 0.15) is 16.7 Å². The second-order valence-corrected chi connectivity index (χ2v) is 8.07. The monoisotopic (exact) mass is 542 g/mol. The van der Waals surface area contributed by atoms with E-state index >= 15 is 0 Å².